The summed E-state index contributed by atoms with van der Waals surface area (Å²) >= 11 is 0. The van der Waals surface area contributed by atoms with Crippen molar-refractivity contribution in [3.63, 3.8) is 0 Å². The highest BCUT2D eigenvalue weighted by atomic mass is 19.4. The van der Waals surface area contributed by atoms with E-state index in [0.29, 0.717) is 17.8 Å². The van der Waals surface area contributed by atoms with Crippen LogP contribution in [0.2, 0.25) is 0 Å². The lowest BCUT2D eigenvalue weighted by atomic mass is 10.1. The molecule has 0 aliphatic rings. The molecule has 4 rings (SSSR count). The van der Waals surface area contributed by atoms with Gasteiger partial charge in [-0.2, -0.15) is 18.3 Å². The van der Waals surface area contributed by atoms with E-state index < -0.39 is 11.9 Å². The van der Waals surface area contributed by atoms with Crippen LogP contribution < -0.4 is 0 Å². The molecule has 0 fully saturated rings. The molecule has 0 amide bonds. The first-order chi connectivity index (χ1) is 14.2. The summed E-state index contributed by atoms with van der Waals surface area (Å²) in [6.07, 6.45) is 0.996. The van der Waals surface area contributed by atoms with Crippen LogP contribution in [0.3, 0.4) is 0 Å². The second-order valence-corrected chi connectivity index (χ2v) is 7.58. The first kappa shape index (κ1) is 20.0. The van der Waals surface area contributed by atoms with Crippen molar-refractivity contribution in [1.82, 2.24) is 24.3 Å². The van der Waals surface area contributed by atoms with Crippen molar-refractivity contribution in [3.8, 4) is 22.6 Å². The summed E-state index contributed by atoms with van der Waals surface area (Å²) in [5.74, 6) is 0.322. The van der Waals surface area contributed by atoms with Gasteiger partial charge in [0.05, 0.1) is 5.69 Å². The fourth-order valence-electron chi connectivity index (χ4n) is 3.48. The van der Waals surface area contributed by atoms with Crippen LogP contribution in [0, 0.1) is 0 Å². The van der Waals surface area contributed by atoms with E-state index in [1.165, 1.54) is 0 Å². The van der Waals surface area contributed by atoms with Crippen LogP contribution in [-0.4, -0.2) is 24.3 Å². The lowest BCUT2D eigenvalue weighted by Gasteiger charge is -2.11. The maximum Gasteiger partial charge on any atom is 0.434 e. The second-order valence-electron chi connectivity index (χ2n) is 7.58. The second kappa shape index (κ2) is 7.51. The third-order valence-electron chi connectivity index (χ3n) is 5.05. The molecule has 0 bridgehead atoms. The molecule has 30 heavy (non-hydrogen) atoms. The van der Waals surface area contributed by atoms with Crippen molar-refractivity contribution in [2.75, 3.05) is 0 Å². The Bertz CT molecular complexity index is 1150. The molecule has 0 aliphatic heterocycles. The molecule has 156 valence electrons. The summed E-state index contributed by atoms with van der Waals surface area (Å²) < 4.78 is 42.7. The van der Waals surface area contributed by atoms with Crippen molar-refractivity contribution < 1.29 is 13.2 Å². The Labute approximate surface area is 172 Å². The number of hydrogen-bond donors (Lipinski definition) is 1. The van der Waals surface area contributed by atoms with Crippen molar-refractivity contribution in [3.05, 3.63) is 71.9 Å². The zero-order valence-corrected chi connectivity index (χ0v) is 16.9. The number of alkyl halides is 3. The Morgan fingerprint density at radius 1 is 1.07 bits per heavy atom. The number of aromatic amines is 1. The number of benzene rings is 1. The smallest absolute Gasteiger partial charge is 0.364 e. The minimum absolute atomic E-state index is 0.132. The maximum atomic E-state index is 13.1. The largest absolute Gasteiger partial charge is 0.434 e. The number of aryl methyl sites for hydroxylation is 1. The van der Waals surface area contributed by atoms with Gasteiger partial charge in [0.25, 0.3) is 0 Å². The monoisotopic (exact) mass is 413 g/mol. The number of rotatable bonds is 5. The number of hydrogen-bond acceptors (Lipinski definition) is 2. The zero-order chi connectivity index (χ0) is 21.5. The highest BCUT2D eigenvalue weighted by Gasteiger charge is 2.35. The molecule has 0 spiro atoms. The Balaban J connectivity index is 1.56. The standard InChI is InChI=1S/C22H22F3N5/c1-14(2)30-13-20(22(23,24)25)28-21(30)16-6-4-15(5-7-16)10-18-11-17(12-26-18)19-8-9-27-29(19)3/h4-9,11-14,26H,10H2,1-3H3. The minimum atomic E-state index is -4.46. The summed E-state index contributed by atoms with van der Waals surface area (Å²) in [6.45, 7) is 3.68. The summed E-state index contributed by atoms with van der Waals surface area (Å²) in [7, 11) is 1.89. The lowest BCUT2D eigenvalue weighted by molar-refractivity contribution is -0.140. The first-order valence-electron chi connectivity index (χ1n) is 9.63. The molecule has 0 saturated heterocycles. The highest BCUT2D eigenvalue weighted by Crippen LogP contribution is 2.32. The van der Waals surface area contributed by atoms with Crippen LogP contribution in [0.25, 0.3) is 22.6 Å². The van der Waals surface area contributed by atoms with Crippen molar-refractivity contribution in [2.45, 2.75) is 32.5 Å². The highest BCUT2D eigenvalue weighted by molar-refractivity contribution is 5.60. The van der Waals surface area contributed by atoms with Gasteiger partial charge < -0.3 is 9.55 Å². The third kappa shape index (κ3) is 3.90. The van der Waals surface area contributed by atoms with E-state index >= 15 is 0 Å². The summed E-state index contributed by atoms with van der Waals surface area (Å²) in [6, 6.07) is 11.4. The summed E-state index contributed by atoms with van der Waals surface area (Å²) in [5.41, 5.74) is 3.96. The van der Waals surface area contributed by atoms with Crippen molar-refractivity contribution in [1.29, 1.82) is 0 Å². The van der Waals surface area contributed by atoms with Gasteiger partial charge in [-0.15, -0.1) is 0 Å². The molecule has 3 aromatic heterocycles. The normalized spacial score (nSPS) is 12.1. The van der Waals surface area contributed by atoms with Gasteiger partial charge in [-0.25, -0.2) is 4.98 Å². The average molecular weight is 413 g/mol. The molecule has 0 saturated carbocycles. The average Bonchev–Trinajstić information content (AvgIpc) is 3.41. The Kier molecular flexibility index (Phi) is 5.01. The predicted molar refractivity (Wildman–Crippen MR) is 109 cm³/mol. The molecule has 4 aromatic rings. The Hall–Kier alpha value is -3.29. The molecule has 0 radical (unpaired) electrons. The van der Waals surface area contributed by atoms with Gasteiger partial charge in [0, 0.05) is 54.9 Å². The fourth-order valence-corrected chi connectivity index (χ4v) is 3.48. The molecule has 0 atom stereocenters. The molecule has 0 unspecified atom stereocenters. The third-order valence-corrected chi connectivity index (χ3v) is 5.05. The van der Waals surface area contributed by atoms with Gasteiger partial charge >= 0.3 is 6.18 Å². The van der Waals surface area contributed by atoms with Crippen LogP contribution in [0.4, 0.5) is 13.2 Å². The lowest BCUT2D eigenvalue weighted by Crippen LogP contribution is -2.05. The predicted octanol–water partition coefficient (Wildman–Crippen LogP) is 5.47. The van der Waals surface area contributed by atoms with E-state index in [4.69, 9.17) is 0 Å². The van der Waals surface area contributed by atoms with Crippen LogP contribution in [0.5, 0.6) is 0 Å². The van der Waals surface area contributed by atoms with Gasteiger partial charge in [0.1, 0.15) is 5.82 Å². The number of halogens is 3. The van der Waals surface area contributed by atoms with Crippen LogP contribution in [0.15, 0.2) is 55.0 Å². The van der Waals surface area contributed by atoms with E-state index in [1.54, 1.807) is 10.8 Å². The SMILES string of the molecule is CC(C)n1cc(C(F)(F)F)nc1-c1ccc(Cc2cc(-c3ccnn3C)c[nH]2)cc1. The van der Waals surface area contributed by atoms with Crippen LogP contribution in [-0.2, 0) is 19.6 Å². The molecular formula is C22H22F3N5. The van der Waals surface area contributed by atoms with Crippen molar-refractivity contribution >= 4 is 0 Å². The van der Waals surface area contributed by atoms with E-state index in [0.717, 1.165) is 28.7 Å². The van der Waals surface area contributed by atoms with E-state index in [2.05, 4.69) is 21.1 Å². The van der Waals surface area contributed by atoms with E-state index in [1.807, 2.05) is 62.1 Å². The molecule has 5 nitrogen and oxygen atoms in total. The first-order valence-corrected chi connectivity index (χ1v) is 9.63. The van der Waals surface area contributed by atoms with Crippen LogP contribution >= 0.6 is 0 Å². The number of imidazole rings is 1. The number of nitrogens with zero attached hydrogens (tertiary/aromatic N) is 4. The molecule has 3 heterocycles. The number of H-pyrrole nitrogens is 1. The quantitative estimate of drug-likeness (QED) is 0.472. The van der Waals surface area contributed by atoms with Gasteiger partial charge in [0.2, 0.25) is 0 Å². The molecular weight excluding hydrogens is 391 g/mol. The maximum absolute atomic E-state index is 13.1. The number of nitrogens with one attached hydrogen (secondary N) is 1. The zero-order valence-electron chi connectivity index (χ0n) is 16.9. The van der Waals surface area contributed by atoms with Gasteiger partial charge in [-0.1, -0.05) is 24.3 Å². The topological polar surface area (TPSA) is 51.4 Å². The molecule has 8 heteroatoms. The van der Waals surface area contributed by atoms with Gasteiger partial charge in [0.15, 0.2) is 5.69 Å². The summed E-state index contributed by atoms with van der Waals surface area (Å²) in [5, 5.41) is 4.19. The van der Waals surface area contributed by atoms with Crippen LogP contribution in [0.1, 0.15) is 36.8 Å². The molecule has 1 N–H and O–H groups in total. The van der Waals surface area contributed by atoms with E-state index in [9.17, 15) is 13.2 Å². The van der Waals surface area contributed by atoms with Crippen molar-refractivity contribution in [2.24, 2.45) is 7.05 Å². The van der Waals surface area contributed by atoms with Gasteiger partial charge in [-0.3, -0.25) is 4.68 Å². The Morgan fingerprint density at radius 3 is 2.40 bits per heavy atom. The Morgan fingerprint density at radius 2 is 1.80 bits per heavy atom. The summed E-state index contributed by atoms with van der Waals surface area (Å²) in [4.78, 5) is 7.13. The molecule has 0 aliphatic carbocycles. The van der Waals surface area contributed by atoms with Gasteiger partial charge in [-0.05, 0) is 31.5 Å². The molecule has 1 aromatic carbocycles. The fraction of sp³-hybridized carbons (Fsp3) is 0.273. The minimum Gasteiger partial charge on any atom is -0.364 e. The van der Waals surface area contributed by atoms with E-state index in [-0.39, 0.29) is 6.04 Å². The number of aromatic nitrogens is 5.